The van der Waals surface area contributed by atoms with Gasteiger partial charge in [0.05, 0.1) is 6.04 Å². The van der Waals surface area contributed by atoms with Crippen LogP contribution in [0.5, 0.6) is 5.75 Å². The molecule has 4 N–H and O–H groups in total. The highest BCUT2D eigenvalue weighted by Crippen LogP contribution is 2.19. The molecule has 2 amide bonds. The van der Waals surface area contributed by atoms with E-state index in [-0.39, 0.29) is 6.42 Å². The van der Waals surface area contributed by atoms with Crippen LogP contribution in [0.2, 0.25) is 0 Å². The molecule has 0 spiro atoms. The fourth-order valence-electron chi connectivity index (χ4n) is 4.13. The summed E-state index contributed by atoms with van der Waals surface area (Å²) < 4.78 is 5.77. The van der Waals surface area contributed by atoms with Crippen molar-refractivity contribution in [3.8, 4) is 5.75 Å². The molecule has 0 aliphatic rings. The Morgan fingerprint density at radius 3 is 1.88 bits per heavy atom. The maximum atomic E-state index is 13.1. The number of carboxylic acids is 1. The highest BCUT2D eigenvalue weighted by molar-refractivity contribution is 5.95. The third kappa shape index (κ3) is 7.78. The van der Waals surface area contributed by atoms with Crippen molar-refractivity contribution >= 4 is 17.8 Å². The monoisotopic (exact) mass is 538 g/mol. The summed E-state index contributed by atoms with van der Waals surface area (Å²) in [4.78, 5) is 37.9. The molecule has 0 aromatic heterocycles. The lowest BCUT2D eigenvalue weighted by atomic mass is 9.99. The fraction of sp³-hybridized carbons (Fsp3) is 0.156. The highest BCUT2D eigenvalue weighted by Gasteiger charge is 2.32. The molecule has 0 saturated carbocycles. The number of carbonyl (C=O) groups excluding carboxylic acids is 2. The summed E-state index contributed by atoms with van der Waals surface area (Å²) in [6.07, 6.45) is -1.76. The lowest BCUT2D eigenvalue weighted by Gasteiger charge is -2.25. The third-order valence-corrected chi connectivity index (χ3v) is 6.29. The van der Waals surface area contributed by atoms with Gasteiger partial charge in [0, 0.05) is 12.0 Å². The molecular formula is C32H30N2O6. The molecule has 0 heterocycles. The number of benzene rings is 4. The van der Waals surface area contributed by atoms with Gasteiger partial charge >= 0.3 is 5.97 Å². The van der Waals surface area contributed by atoms with Crippen LogP contribution in [0, 0.1) is 0 Å². The van der Waals surface area contributed by atoms with Gasteiger partial charge in [-0.25, -0.2) is 4.79 Å². The summed E-state index contributed by atoms with van der Waals surface area (Å²) in [7, 11) is 0. The van der Waals surface area contributed by atoms with E-state index in [4.69, 9.17) is 4.74 Å². The average molecular weight is 539 g/mol. The normalized spacial score (nSPS) is 12.9. The van der Waals surface area contributed by atoms with E-state index < -0.39 is 36.0 Å². The number of hydrogen-bond donors (Lipinski definition) is 4. The van der Waals surface area contributed by atoms with Crippen LogP contribution in [-0.4, -0.2) is 40.1 Å². The molecule has 8 nitrogen and oxygen atoms in total. The minimum Gasteiger partial charge on any atom is -0.489 e. The van der Waals surface area contributed by atoms with Crippen LogP contribution in [0.25, 0.3) is 0 Å². The Morgan fingerprint density at radius 2 is 1.27 bits per heavy atom. The van der Waals surface area contributed by atoms with E-state index in [1.54, 1.807) is 84.9 Å². The lowest BCUT2D eigenvalue weighted by Crippen LogP contribution is -2.50. The Balaban J connectivity index is 1.41. The van der Waals surface area contributed by atoms with Crippen LogP contribution >= 0.6 is 0 Å². The van der Waals surface area contributed by atoms with E-state index in [0.717, 1.165) is 5.56 Å². The Kier molecular flexibility index (Phi) is 9.63. The number of amides is 2. The molecule has 0 aliphatic carbocycles. The van der Waals surface area contributed by atoms with E-state index in [1.807, 2.05) is 30.3 Å². The van der Waals surface area contributed by atoms with E-state index in [1.165, 1.54) is 0 Å². The van der Waals surface area contributed by atoms with Gasteiger partial charge in [-0.1, -0.05) is 91.0 Å². The second-order valence-electron chi connectivity index (χ2n) is 9.19. The summed E-state index contributed by atoms with van der Waals surface area (Å²) in [5, 5.41) is 25.9. The number of ether oxygens (including phenoxy) is 1. The standard InChI is InChI=1S/C32H30N2O6/c35-29(28(24-12-6-2-7-13-24)34-30(36)25-14-8-3-9-15-25)31(37)33-27(32(38)39)20-22-16-18-26(19-17-22)40-21-23-10-4-1-5-11-23/h1-19,27-29,35H,20-21H2,(H,33,37)(H,34,36)(H,38,39)/t27-,28+,29-/m1/s1. The van der Waals surface area contributed by atoms with Gasteiger partial charge in [-0.15, -0.1) is 0 Å². The third-order valence-electron chi connectivity index (χ3n) is 6.29. The molecule has 8 heteroatoms. The fourth-order valence-corrected chi connectivity index (χ4v) is 4.13. The second kappa shape index (κ2) is 13.7. The Bertz CT molecular complexity index is 1400. The van der Waals surface area contributed by atoms with Gasteiger partial charge < -0.3 is 25.6 Å². The molecular weight excluding hydrogens is 508 g/mol. The predicted molar refractivity (Wildman–Crippen MR) is 150 cm³/mol. The number of hydrogen-bond acceptors (Lipinski definition) is 5. The highest BCUT2D eigenvalue weighted by atomic mass is 16.5. The number of carbonyl (C=O) groups is 3. The molecule has 4 aromatic rings. The van der Waals surface area contributed by atoms with Crippen molar-refractivity contribution in [3.63, 3.8) is 0 Å². The van der Waals surface area contributed by atoms with Crippen LogP contribution in [0.4, 0.5) is 0 Å². The van der Waals surface area contributed by atoms with Gasteiger partial charge in [-0.05, 0) is 41.0 Å². The van der Waals surface area contributed by atoms with E-state index in [2.05, 4.69) is 10.6 Å². The number of nitrogens with one attached hydrogen (secondary N) is 2. The first-order valence-corrected chi connectivity index (χ1v) is 12.8. The number of aliphatic hydroxyl groups excluding tert-OH is 1. The molecule has 0 unspecified atom stereocenters. The van der Waals surface area contributed by atoms with E-state index in [0.29, 0.717) is 29.0 Å². The second-order valence-corrected chi connectivity index (χ2v) is 9.19. The van der Waals surface area contributed by atoms with Gasteiger partial charge in [0.25, 0.3) is 11.8 Å². The maximum absolute atomic E-state index is 13.1. The van der Waals surface area contributed by atoms with Crippen LogP contribution in [0.1, 0.15) is 33.1 Å². The maximum Gasteiger partial charge on any atom is 0.326 e. The largest absolute Gasteiger partial charge is 0.489 e. The predicted octanol–water partition coefficient (Wildman–Crippen LogP) is 3.91. The van der Waals surface area contributed by atoms with Crippen molar-refractivity contribution in [2.24, 2.45) is 0 Å². The number of aliphatic carboxylic acids is 1. The number of aliphatic hydroxyl groups is 1. The van der Waals surface area contributed by atoms with Crippen molar-refractivity contribution in [1.29, 1.82) is 0 Å². The molecule has 3 atom stereocenters. The SMILES string of the molecule is O=C(N[C@@H](c1ccccc1)[C@@H](O)C(=O)N[C@H](Cc1ccc(OCc2ccccc2)cc1)C(=O)O)c1ccccc1. The smallest absolute Gasteiger partial charge is 0.326 e. The van der Waals surface area contributed by atoms with Crippen LogP contribution in [-0.2, 0) is 22.6 Å². The quantitative estimate of drug-likeness (QED) is 0.217. The van der Waals surface area contributed by atoms with E-state index in [9.17, 15) is 24.6 Å². The molecule has 204 valence electrons. The molecule has 4 rings (SSSR count). The van der Waals surface area contributed by atoms with Gasteiger partial charge in [0.1, 0.15) is 18.4 Å². The zero-order chi connectivity index (χ0) is 28.3. The van der Waals surface area contributed by atoms with Crippen molar-refractivity contribution in [3.05, 3.63) is 138 Å². The first-order chi connectivity index (χ1) is 19.4. The Labute approximate surface area is 232 Å². The number of rotatable bonds is 12. The molecule has 0 bridgehead atoms. The molecule has 0 saturated heterocycles. The summed E-state index contributed by atoms with van der Waals surface area (Å²) in [6, 6.07) is 31.2. The van der Waals surface area contributed by atoms with Crippen LogP contribution in [0.3, 0.4) is 0 Å². The van der Waals surface area contributed by atoms with Crippen molar-refractivity contribution in [2.45, 2.75) is 31.2 Å². The lowest BCUT2D eigenvalue weighted by molar-refractivity contribution is -0.143. The molecule has 0 fully saturated rings. The minimum absolute atomic E-state index is 0.0147. The number of carboxylic acid groups (broad SMARTS) is 1. The molecule has 40 heavy (non-hydrogen) atoms. The van der Waals surface area contributed by atoms with E-state index >= 15 is 0 Å². The minimum atomic E-state index is -1.74. The van der Waals surface area contributed by atoms with Crippen molar-refractivity contribution < 1.29 is 29.3 Å². The van der Waals surface area contributed by atoms with Gasteiger partial charge in [0.2, 0.25) is 0 Å². The Morgan fingerprint density at radius 1 is 0.700 bits per heavy atom. The zero-order valence-corrected chi connectivity index (χ0v) is 21.6. The molecule has 4 aromatic carbocycles. The first-order valence-electron chi connectivity index (χ1n) is 12.8. The van der Waals surface area contributed by atoms with Crippen LogP contribution in [0.15, 0.2) is 115 Å². The average Bonchev–Trinajstić information content (AvgIpc) is 3.00. The van der Waals surface area contributed by atoms with Gasteiger partial charge in [-0.2, -0.15) is 0 Å². The van der Waals surface area contributed by atoms with Gasteiger partial charge in [-0.3, -0.25) is 9.59 Å². The van der Waals surface area contributed by atoms with Crippen LogP contribution < -0.4 is 15.4 Å². The Hall–Kier alpha value is -4.95. The van der Waals surface area contributed by atoms with Crippen molar-refractivity contribution in [1.82, 2.24) is 10.6 Å². The molecule has 0 aliphatic heterocycles. The summed E-state index contributed by atoms with van der Waals surface area (Å²) in [6.45, 7) is 0.398. The summed E-state index contributed by atoms with van der Waals surface area (Å²) >= 11 is 0. The summed E-state index contributed by atoms with van der Waals surface area (Å²) in [5.41, 5.74) is 2.53. The zero-order valence-electron chi connectivity index (χ0n) is 21.6. The molecule has 0 radical (unpaired) electrons. The first kappa shape index (κ1) is 28.1. The summed E-state index contributed by atoms with van der Waals surface area (Å²) in [5.74, 6) is -2.03. The van der Waals surface area contributed by atoms with Gasteiger partial charge in [0.15, 0.2) is 6.10 Å². The topological polar surface area (TPSA) is 125 Å². The van der Waals surface area contributed by atoms with Crippen molar-refractivity contribution in [2.75, 3.05) is 0 Å².